The van der Waals surface area contributed by atoms with E-state index in [2.05, 4.69) is 5.32 Å². The largest absolute Gasteiger partial charge is 0.417 e. The van der Waals surface area contributed by atoms with E-state index in [1.807, 2.05) is 19.9 Å². The summed E-state index contributed by atoms with van der Waals surface area (Å²) < 4.78 is 39.0. The Morgan fingerprint density at radius 2 is 1.75 bits per heavy atom. The number of aryl methyl sites for hydroxylation is 2. The lowest BCUT2D eigenvalue weighted by Crippen LogP contribution is -2.29. The number of halogens is 4. The highest BCUT2D eigenvalue weighted by molar-refractivity contribution is 6.30. The molecular weight excluding hydrogens is 345 g/mol. The van der Waals surface area contributed by atoms with E-state index in [1.165, 1.54) is 0 Å². The van der Waals surface area contributed by atoms with Crippen LogP contribution in [0.1, 0.15) is 16.7 Å². The van der Waals surface area contributed by atoms with Gasteiger partial charge in [-0.3, -0.25) is 9.59 Å². The number of hydrogen-bond acceptors (Lipinski definition) is 2. The number of benzene rings is 1. The van der Waals surface area contributed by atoms with Gasteiger partial charge in [-0.05, 0) is 43.2 Å². The zero-order chi connectivity index (χ0) is 18.1. The Kier molecular flexibility index (Phi) is 5.03. The van der Waals surface area contributed by atoms with Crippen molar-refractivity contribution in [2.45, 2.75) is 26.6 Å². The molecule has 8 heteroatoms. The van der Waals surface area contributed by atoms with E-state index in [-0.39, 0.29) is 0 Å². The molecule has 0 saturated heterocycles. The Labute approximate surface area is 140 Å². The zero-order valence-corrected chi connectivity index (χ0v) is 13.6. The van der Waals surface area contributed by atoms with Gasteiger partial charge in [0.1, 0.15) is 11.6 Å². The number of nitrogens with one attached hydrogen (secondary N) is 1. The lowest BCUT2D eigenvalue weighted by atomic mass is 10.1. The summed E-state index contributed by atoms with van der Waals surface area (Å²) in [5.74, 6) is -0.627. The van der Waals surface area contributed by atoms with Crippen LogP contribution in [0.4, 0.5) is 18.9 Å². The van der Waals surface area contributed by atoms with Crippen molar-refractivity contribution < 1.29 is 18.0 Å². The van der Waals surface area contributed by atoms with Gasteiger partial charge >= 0.3 is 6.18 Å². The Balaban J connectivity index is 2.25. The van der Waals surface area contributed by atoms with Crippen molar-refractivity contribution in [3.05, 3.63) is 62.5 Å². The van der Waals surface area contributed by atoms with Crippen LogP contribution in [0.15, 0.2) is 35.3 Å². The SMILES string of the molecule is Cc1cc(C)cc(NC(=O)Cn2cc(C(F)(F)F)cc(Cl)c2=O)c1. The van der Waals surface area contributed by atoms with Crippen molar-refractivity contribution in [1.82, 2.24) is 4.57 Å². The first-order valence-electron chi connectivity index (χ1n) is 6.91. The van der Waals surface area contributed by atoms with Gasteiger partial charge in [-0.2, -0.15) is 13.2 Å². The van der Waals surface area contributed by atoms with E-state index in [0.717, 1.165) is 11.1 Å². The summed E-state index contributed by atoms with van der Waals surface area (Å²) in [4.78, 5) is 23.9. The Hall–Kier alpha value is -2.28. The number of pyridine rings is 1. The van der Waals surface area contributed by atoms with Crippen molar-refractivity contribution in [3.63, 3.8) is 0 Å². The third kappa shape index (κ3) is 4.38. The summed E-state index contributed by atoms with van der Waals surface area (Å²) >= 11 is 5.55. The summed E-state index contributed by atoms with van der Waals surface area (Å²) in [6, 6.07) is 5.88. The molecule has 2 rings (SSSR count). The van der Waals surface area contributed by atoms with Gasteiger partial charge in [0.05, 0.1) is 5.56 Å². The molecule has 1 heterocycles. The molecule has 1 amide bonds. The molecule has 1 aromatic carbocycles. The van der Waals surface area contributed by atoms with Gasteiger partial charge in [0.2, 0.25) is 5.91 Å². The van der Waals surface area contributed by atoms with Crippen LogP contribution in [-0.2, 0) is 17.5 Å². The van der Waals surface area contributed by atoms with Gasteiger partial charge in [-0.25, -0.2) is 0 Å². The number of hydrogen-bond donors (Lipinski definition) is 1. The molecular formula is C16H14ClF3N2O2. The maximum atomic E-state index is 12.8. The molecule has 4 nitrogen and oxygen atoms in total. The van der Waals surface area contributed by atoms with Gasteiger partial charge in [0, 0.05) is 11.9 Å². The molecule has 2 aromatic rings. The first-order valence-corrected chi connectivity index (χ1v) is 7.29. The van der Waals surface area contributed by atoms with Crippen LogP contribution >= 0.6 is 11.6 Å². The van der Waals surface area contributed by atoms with Crippen molar-refractivity contribution in [3.8, 4) is 0 Å². The molecule has 0 aliphatic carbocycles. The number of anilines is 1. The number of alkyl halides is 3. The van der Waals surface area contributed by atoms with Crippen molar-refractivity contribution >= 4 is 23.2 Å². The molecule has 24 heavy (non-hydrogen) atoms. The van der Waals surface area contributed by atoms with Crippen LogP contribution < -0.4 is 10.9 Å². The molecule has 0 radical (unpaired) electrons. The molecule has 1 aromatic heterocycles. The van der Waals surface area contributed by atoms with E-state index in [1.54, 1.807) is 12.1 Å². The van der Waals surface area contributed by atoms with Crippen LogP contribution in [-0.4, -0.2) is 10.5 Å². The van der Waals surface area contributed by atoms with Gasteiger partial charge in [-0.1, -0.05) is 17.7 Å². The van der Waals surface area contributed by atoms with Crippen LogP contribution in [0.25, 0.3) is 0 Å². The number of carbonyl (C=O) groups excluding carboxylic acids is 1. The summed E-state index contributed by atoms with van der Waals surface area (Å²) in [6.07, 6.45) is -4.08. The summed E-state index contributed by atoms with van der Waals surface area (Å²) in [5.41, 5.74) is 0.393. The second-order valence-corrected chi connectivity index (χ2v) is 5.84. The highest BCUT2D eigenvalue weighted by Crippen LogP contribution is 2.29. The van der Waals surface area contributed by atoms with E-state index in [0.29, 0.717) is 22.5 Å². The average molecular weight is 359 g/mol. The summed E-state index contributed by atoms with van der Waals surface area (Å²) in [6.45, 7) is 3.12. The van der Waals surface area contributed by atoms with E-state index in [4.69, 9.17) is 11.6 Å². The number of carbonyl (C=O) groups is 1. The highest BCUT2D eigenvalue weighted by Gasteiger charge is 2.32. The van der Waals surface area contributed by atoms with Gasteiger partial charge < -0.3 is 9.88 Å². The fourth-order valence-corrected chi connectivity index (χ4v) is 2.50. The van der Waals surface area contributed by atoms with Crippen LogP contribution in [0.5, 0.6) is 0 Å². The minimum Gasteiger partial charge on any atom is -0.325 e. The third-order valence-corrected chi connectivity index (χ3v) is 3.46. The maximum absolute atomic E-state index is 12.8. The van der Waals surface area contributed by atoms with Crippen molar-refractivity contribution in [2.75, 3.05) is 5.32 Å². The van der Waals surface area contributed by atoms with Gasteiger partial charge in [-0.15, -0.1) is 0 Å². The minimum absolute atomic E-state index is 0.503. The standard InChI is InChI=1S/C16H14ClF3N2O2/c1-9-3-10(2)5-12(4-9)21-14(23)8-22-7-11(16(18,19)20)6-13(17)15(22)24/h3-7H,8H2,1-2H3,(H,21,23). The average Bonchev–Trinajstić information content (AvgIpc) is 2.41. The van der Waals surface area contributed by atoms with E-state index >= 15 is 0 Å². The van der Waals surface area contributed by atoms with Gasteiger partial charge in [0.15, 0.2) is 0 Å². The maximum Gasteiger partial charge on any atom is 0.417 e. The second-order valence-electron chi connectivity index (χ2n) is 5.43. The monoisotopic (exact) mass is 358 g/mol. The van der Waals surface area contributed by atoms with Crippen molar-refractivity contribution in [1.29, 1.82) is 0 Å². The fraction of sp³-hybridized carbons (Fsp3) is 0.250. The van der Waals surface area contributed by atoms with E-state index < -0.39 is 34.8 Å². The zero-order valence-electron chi connectivity index (χ0n) is 12.9. The molecule has 0 aliphatic heterocycles. The highest BCUT2D eigenvalue weighted by atomic mass is 35.5. The Bertz CT molecular complexity index is 824. The number of aromatic nitrogens is 1. The number of amides is 1. The first-order chi connectivity index (χ1) is 11.1. The first kappa shape index (κ1) is 18.1. The van der Waals surface area contributed by atoms with Crippen LogP contribution in [0.3, 0.4) is 0 Å². The molecule has 0 unspecified atom stereocenters. The minimum atomic E-state index is -4.66. The number of rotatable bonds is 3. The van der Waals surface area contributed by atoms with Crippen LogP contribution in [0, 0.1) is 13.8 Å². The fourth-order valence-electron chi connectivity index (χ4n) is 2.27. The summed E-state index contributed by atoms with van der Waals surface area (Å²) in [5, 5.41) is 1.96. The predicted octanol–water partition coefficient (Wildman–Crippen LogP) is 3.78. The Morgan fingerprint density at radius 3 is 2.29 bits per heavy atom. The van der Waals surface area contributed by atoms with Crippen molar-refractivity contribution in [2.24, 2.45) is 0 Å². The van der Waals surface area contributed by atoms with E-state index in [9.17, 15) is 22.8 Å². The van der Waals surface area contributed by atoms with Crippen LogP contribution in [0.2, 0.25) is 5.02 Å². The quantitative estimate of drug-likeness (QED) is 0.908. The normalized spacial score (nSPS) is 11.4. The lowest BCUT2D eigenvalue weighted by Gasteiger charge is -2.12. The molecule has 0 bridgehead atoms. The topological polar surface area (TPSA) is 51.1 Å². The summed E-state index contributed by atoms with van der Waals surface area (Å²) in [7, 11) is 0. The molecule has 0 aliphatic rings. The molecule has 128 valence electrons. The molecule has 0 spiro atoms. The molecule has 0 atom stereocenters. The van der Waals surface area contributed by atoms with Gasteiger partial charge in [0.25, 0.3) is 5.56 Å². The smallest absolute Gasteiger partial charge is 0.325 e. The Morgan fingerprint density at radius 1 is 1.17 bits per heavy atom. The second kappa shape index (κ2) is 6.68. The molecule has 0 saturated carbocycles. The predicted molar refractivity (Wildman–Crippen MR) is 85.3 cm³/mol. The lowest BCUT2D eigenvalue weighted by molar-refractivity contribution is -0.138. The molecule has 1 N–H and O–H groups in total. The number of nitrogens with zero attached hydrogens (tertiary/aromatic N) is 1. The third-order valence-electron chi connectivity index (χ3n) is 3.19. The molecule has 0 fully saturated rings.